The van der Waals surface area contributed by atoms with Crippen LogP contribution < -0.4 is 4.74 Å². The molecule has 0 aliphatic carbocycles. The van der Waals surface area contributed by atoms with E-state index in [0.29, 0.717) is 25.0 Å². The average molecular weight is 453 g/mol. The first-order chi connectivity index (χ1) is 15.4. The maximum atomic E-state index is 11.3. The van der Waals surface area contributed by atoms with Crippen molar-refractivity contribution in [2.24, 2.45) is 0 Å². The highest BCUT2D eigenvalue weighted by Crippen LogP contribution is 2.37. The van der Waals surface area contributed by atoms with Gasteiger partial charge in [-0.15, -0.1) is 11.3 Å². The Bertz CT molecular complexity index is 1080. The molecule has 0 spiro atoms. The summed E-state index contributed by atoms with van der Waals surface area (Å²) in [7, 11) is 0. The number of hydrogen-bond donors (Lipinski definition) is 1. The summed E-state index contributed by atoms with van der Waals surface area (Å²) < 4.78 is 12.1. The summed E-state index contributed by atoms with van der Waals surface area (Å²) in [4.78, 5) is 12.6. The molecular weight excluding hydrogens is 420 g/mol. The number of aliphatic hydroxyl groups is 1. The van der Waals surface area contributed by atoms with Crippen molar-refractivity contribution < 1.29 is 19.4 Å². The van der Waals surface area contributed by atoms with Crippen LogP contribution in [-0.4, -0.2) is 30.4 Å². The summed E-state index contributed by atoms with van der Waals surface area (Å²) in [5.74, 6) is 0.397. The van der Waals surface area contributed by atoms with Crippen LogP contribution in [0.2, 0.25) is 0 Å². The van der Waals surface area contributed by atoms with Gasteiger partial charge in [-0.2, -0.15) is 0 Å². The van der Waals surface area contributed by atoms with Gasteiger partial charge in [0.2, 0.25) is 0 Å². The maximum Gasteiger partial charge on any atom is 0.333 e. The minimum atomic E-state index is -0.555. The molecule has 0 aliphatic heterocycles. The van der Waals surface area contributed by atoms with Crippen LogP contribution in [0.25, 0.3) is 20.5 Å². The molecular formula is C27H32O4S. The third-order valence-electron chi connectivity index (χ3n) is 5.35. The minimum Gasteiger partial charge on any atom is -0.491 e. The van der Waals surface area contributed by atoms with Gasteiger partial charge in [0.05, 0.1) is 12.7 Å². The second-order valence-corrected chi connectivity index (χ2v) is 9.29. The zero-order chi connectivity index (χ0) is 23.1. The summed E-state index contributed by atoms with van der Waals surface area (Å²) in [6.07, 6.45) is 2.52. The fourth-order valence-corrected chi connectivity index (χ4v) is 4.69. The predicted molar refractivity (Wildman–Crippen MR) is 133 cm³/mol. The molecule has 2 aromatic carbocycles. The highest BCUT2D eigenvalue weighted by molar-refractivity contribution is 7.22. The number of aliphatic hydroxyl groups excluding tert-OH is 1. The van der Waals surface area contributed by atoms with Crippen LogP contribution in [0.3, 0.4) is 0 Å². The molecule has 0 amide bonds. The van der Waals surface area contributed by atoms with Crippen molar-refractivity contribution in [2.45, 2.75) is 52.6 Å². The van der Waals surface area contributed by atoms with E-state index < -0.39 is 6.10 Å². The fourth-order valence-electron chi connectivity index (χ4n) is 3.54. The van der Waals surface area contributed by atoms with Crippen molar-refractivity contribution in [3.05, 3.63) is 65.7 Å². The van der Waals surface area contributed by atoms with Gasteiger partial charge >= 0.3 is 5.97 Å². The number of benzene rings is 2. The monoisotopic (exact) mass is 452 g/mol. The molecule has 32 heavy (non-hydrogen) atoms. The molecule has 0 fully saturated rings. The molecule has 0 bridgehead atoms. The number of rotatable bonds is 11. The molecule has 5 heteroatoms. The molecule has 0 aliphatic rings. The van der Waals surface area contributed by atoms with Crippen LogP contribution >= 0.6 is 11.3 Å². The first-order valence-electron chi connectivity index (χ1n) is 11.1. The molecule has 4 nitrogen and oxygen atoms in total. The van der Waals surface area contributed by atoms with Gasteiger partial charge in [-0.1, -0.05) is 37.3 Å². The molecule has 1 heterocycles. The Morgan fingerprint density at radius 1 is 1.16 bits per heavy atom. The van der Waals surface area contributed by atoms with E-state index in [4.69, 9.17) is 9.47 Å². The number of ether oxygens (including phenoxy) is 2. The van der Waals surface area contributed by atoms with E-state index in [1.807, 2.05) is 12.1 Å². The normalized spacial score (nSPS) is 12.0. The number of aryl methyl sites for hydroxylation is 2. The second kappa shape index (κ2) is 11.3. The Balaban J connectivity index is 1.53. The Hall–Kier alpha value is -2.63. The van der Waals surface area contributed by atoms with E-state index >= 15 is 0 Å². The molecule has 0 saturated heterocycles. The Labute approximate surface area is 194 Å². The SMILES string of the molecule is C=C(C)C(=O)OCCCCC(O)COc1ccc2cc(-c3ccc(C)cc3CC)sc2c1. The fraction of sp³-hybridized carbons (Fsp3) is 0.370. The van der Waals surface area contributed by atoms with E-state index in [2.05, 4.69) is 50.8 Å². The Kier molecular flexibility index (Phi) is 8.48. The van der Waals surface area contributed by atoms with Gasteiger partial charge in [-0.3, -0.25) is 0 Å². The number of esters is 1. The lowest BCUT2D eigenvalue weighted by atomic mass is 10.0. The Morgan fingerprint density at radius 2 is 1.97 bits per heavy atom. The molecule has 3 aromatic rings. The second-order valence-electron chi connectivity index (χ2n) is 8.20. The number of carbonyl (C=O) groups excluding carboxylic acids is 1. The van der Waals surface area contributed by atoms with Gasteiger partial charge in [-0.05, 0) is 80.3 Å². The summed E-state index contributed by atoms with van der Waals surface area (Å²) in [5.41, 5.74) is 4.35. The predicted octanol–water partition coefficient (Wildman–Crippen LogP) is 6.47. The van der Waals surface area contributed by atoms with Crippen molar-refractivity contribution in [1.29, 1.82) is 0 Å². The van der Waals surface area contributed by atoms with E-state index in [-0.39, 0.29) is 12.6 Å². The standard InChI is InChI=1S/C27H32O4S/c1-5-20-14-19(4)9-12-24(20)26-15-21-10-11-23(16-25(21)32-26)31-17-22(28)8-6-7-13-30-27(29)18(2)3/h9-12,14-16,22,28H,2,5-8,13,17H2,1,3-4H3. The summed E-state index contributed by atoms with van der Waals surface area (Å²) >= 11 is 1.77. The topological polar surface area (TPSA) is 55.8 Å². The van der Waals surface area contributed by atoms with Gasteiger partial charge < -0.3 is 14.6 Å². The largest absolute Gasteiger partial charge is 0.491 e. The van der Waals surface area contributed by atoms with Gasteiger partial charge in [0.25, 0.3) is 0 Å². The lowest BCUT2D eigenvalue weighted by Gasteiger charge is -2.12. The van der Waals surface area contributed by atoms with Crippen LogP contribution in [0, 0.1) is 6.92 Å². The van der Waals surface area contributed by atoms with Gasteiger partial charge in [0.1, 0.15) is 12.4 Å². The third-order valence-corrected chi connectivity index (χ3v) is 6.49. The first-order valence-corrected chi connectivity index (χ1v) is 12.0. The first kappa shape index (κ1) is 24.0. The van der Waals surface area contributed by atoms with Crippen LogP contribution in [0.1, 0.15) is 44.2 Å². The van der Waals surface area contributed by atoms with Gasteiger partial charge in [0.15, 0.2) is 0 Å². The molecule has 3 rings (SSSR count). The molecule has 0 radical (unpaired) electrons. The zero-order valence-corrected chi connectivity index (χ0v) is 20.0. The highest BCUT2D eigenvalue weighted by Gasteiger charge is 2.11. The van der Waals surface area contributed by atoms with Gasteiger partial charge in [-0.25, -0.2) is 4.79 Å². The van der Waals surface area contributed by atoms with Crippen molar-refractivity contribution >= 4 is 27.4 Å². The lowest BCUT2D eigenvalue weighted by molar-refractivity contribution is -0.139. The van der Waals surface area contributed by atoms with E-state index in [1.165, 1.54) is 31.7 Å². The molecule has 1 aromatic heterocycles. The quantitative estimate of drug-likeness (QED) is 0.206. The maximum absolute atomic E-state index is 11.3. The van der Waals surface area contributed by atoms with Crippen molar-refractivity contribution in [2.75, 3.05) is 13.2 Å². The molecule has 0 saturated carbocycles. The van der Waals surface area contributed by atoms with Crippen LogP contribution in [-0.2, 0) is 16.0 Å². The molecule has 1 unspecified atom stereocenters. The smallest absolute Gasteiger partial charge is 0.333 e. The summed E-state index contributed by atoms with van der Waals surface area (Å²) in [6.45, 7) is 10.1. The van der Waals surface area contributed by atoms with E-state index in [0.717, 1.165) is 18.6 Å². The average Bonchev–Trinajstić information content (AvgIpc) is 3.20. The van der Waals surface area contributed by atoms with Crippen molar-refractivity contribution in [3.63, 3.8) is 0 Å². The number of hydrogen-bond acceptors (Lipinski definition) is 5. The minimum absolute atomic E-state index is 0.243. The number of unbranched alkanes of at least 4 members (excludes halogenated alkanes) is 1. The highest BCUT2D eigenvalue weighted by atomic mass is 32.1. The summed E-state index contributed by atoms with van der Waals surface area (Å²) in [6, 6.07) is 15.0. The van der Waals surface area contributed by atoms with Crippen LogP contribution in [0.5, 0.6) is 5.75 Å². The van der Waals surface area contributed by atoms with Gasteiger partial charge in [0, 0.05) is 15.2 Å². The third kappa shape index (κ3) is 6.44. The number of thiophene rings is 1. The zero-order valence-electron chi connectivity index (χ0n) is 19.1. The van der Waals surface area contributed by atoms with E-state index in [9.17, 15) is 9.90 Å². The molecule has 1 N–H and O–H groups in total. The van der Waals surface area contributed by atoms with Crippen molar-refractivity contribution in [1.82, 2.24) is 0 Å². The van der Waals surface area contributed by atoms with E-state index in [1.54, 1.807) is 18.3 Å². The molecule has 1 atom stereocenters. The Morgan fingerprint density at radius 3 is 2.72 bits per heavy atom. The van der Waals surface area contributed by atoms with Crippen LogP contribution in [0.15, 0.2) is 54.6 Å². The number of fused-ring (bicyclic) bond motifs is 1. The van der Waals surface area contributed by atoms with Crippen molar-refractivity contribution in [3.8, 4) is 16.2 Å². The van der Waals surface area contributed by atoms with Crippen LogP contribution in [0.4, 0.5) is 0 Å². The summed E-state index contributed by atoms with van der Waals surface area (Å²) in [5, 5.41) is 11.4. The molecule has 170 valence electrons. The lowest BCUT2D eigenvalue weighted by Crippen LogP contribution is -2.17. The number of carbonyl (C=O) groups is 1.